The van der Waals surface area contributed by atoms with Crippen molar-refractivity contribution in [3.63, 3.8) is 0 Å². The van der Waals surface area contributed by atoms with Gasteiger partial charge in [-0.25, -0.2) is 13.8 Å². The number of carbonyl (C=O) groups excluding carboxylic acids is 1. The van der Waals surface area contributed by atoms with E-state index in [0.29, 0.717) is 17.7 Å². The molecule has 0 aliphatic heterocycles. The summed E-state index contributed by atoms with van der Waals surface area (Å²) in [5.74, 6) is -2.04. The summed E-state index contributed by atoms with van der Waals surface area (Å²) in [5.41, 5.74) is 1.63. The minimum atomic E-state index is -0.729. The number of benzene rings is 2. The number of nitrogens with zero attached hydrogens (tertiary/aromatic N) is 1. The van der Waals surface area contributed by atoms with Crippen LogP contribution in [-0.2, 0) is 11.2 Å². The predicted molar refractivity (Wildman–Crippen MR) is 105 cm³/mol. The average Bonchev–Trinajstić information content (AvgIpc) is 2.67. The van der Waals surface area contributed by atoms with Crippen LogP contribution in [0.2, 0.25) is 0 Å². The number of H-pyrrole nitrogens is 1. The van der Waals surface area contributed by atoms with Crippen LogP contribution < -0.4 is 10.9 Å². The molecule has 0 saturated heterocycles. The number of carbonyl (C=O) groups is 1. The van der Waals surface area contributed by atoms with Crippen molar-refractivity contribution in [3.8, 4) is 0 Å². The van der Waals surface area contributed by atoms with Crippen LogP contribution in [-0.4, -0.2) is 21.6 Å². The van der Waals surface area contributed by atoms with Gasteiger partial charge in [0, 0.05) is 23.7 Å². The molecule has 0 aliphatic rings. The zero-order valence-electron chi connectivity index (χ0n) is 15.0. The number of hydrogen-bond donors (Lipinski definition) is 2. The topological polar surface area (TPSA) is 74.8 Å². The van der Waals surface area contributed by atoms with Crippen molar-refractivity contribution in [2.45, 2.75) is 18.5 Å². The van der Waals surface area contributed by atoms with Gasteiger partial charge in [-0.3, -0.25) is 9.59 Å². The van der Waals surface area contributed by atoms with E-state index in [1.54, 1.807) is 6.92 Å². The zero-order chi connectivity index (χ0) is 20.1. The summed E-state index contributed by atoms with van der Waals surface area (Å²) in [5, 5.41) is 2.59. The normalized spacial score (nSPS) is 10.7. The molecule has 2 aromatic carbocycles. The van der Waals surface area contributed by atoms with Crippen molar-refractivity contribution in [2.24, 2.45) is 0 Å². The number of anilines is 1. The van der Waals surface area contributed by atoms with Gasteiger partial charge in [-0.1, -0.05) is 42.1 Å². The van der Waals surface area contributed by atoms with E-state index < -0.39 is 17.5 Å². The van der Waals surface area contributed by atoms with E-state index in [9.17, 15) is 18.4 Å². The van der Waals surface area contributed by atoms with E-state index in [1.807, 2.05) is 30.3 Å². The Hall–Kier alpha value is -3.00. The summed E-state index contributed by atoms with van der Waals surface area (Å²) >= 11 is 1.01. The Labute approximate surface area is 164 Å². The molecule has 3 aromatic rings. The lowest BCUT2D eigenvalue weighted by molar-refractivity contribution is -0.113. The minimum Gasteiger partial charge on any atom is -0.323 e. The molecule has 1 amide bonds. The molecule has 3 rings (SSSR count). The Kier molecular flexibility index (Phi) is 6.20. The second-order valence-electron chi connectivity index (χ2n) is 6.06. The van der Waals surface area contributed by atoms with Gasteiger partial charge in [-0.2, -0.15) is 0 Å². The van der Waals surface area contributed by atoms with Crippen LogP contribution >= 0.6 is 11.8 Å². The summed E-state index contributed by atoms with van der Waals surface area (Å²) in [6.07, 6.45) is 0.458. The van der Waals surface area contributed by atoms with Crippen LogP contribution in [0.3, 0.4) is 0 Å². The Balaban J connectivity index is 1.65. The molecule has 0 bridgehead atoms. The van der Waals surface area contributed by atoms with Crippen LogP contribution in [0.25, 0.3) is 0 Å². The SMILES string of the molecule is Cc1nc(SCC(=O)Nc2cc(F)ccc2F)[nH]c(=O)c1Cc1ccccc1. The fraction of sp³-hybridized carbons (Fsp3) is 0.150. The van der Waals surface area contributed by atoms with E-state index in [1.165, 1.54) is 0 Å². The van der Waals surface area contributed by atoms with Gasteiger partial charge in [0.05, 0.1) is 11.4 Å². The predicted octanol–water partition coefficient (Wildman–Crippen LogP) is 3.68. The Bertz CT molecular complexity index is 1060. The zero-order valence-corrected chi connectivity index (χ0v) is 15.8. The first-order valence-corrected chi connectivity index (χ1v) is 9.42. The van der Waals surface area contributed by atoms with Gasteiger partial charge in [0.15, 0.2) is 5.16 Å². The molecule has 28 heavy (non-hydrogen) atoms. The molecular weight excluding hydrogens is 384 g/mol. The van der Waals surface area contributed by atoms with Gasteiger partial charge >= 0.3 is 0 Å². The molecule has 144 valence electrons. The second kappa shape index (κ2) is 8.79. The van der Waals surface area contributed by atoms with E-state index in [4.69, 9.17) is 0 Å². The van der Waals surface area contributed by atoms with Crippen LogP contribution in [0.4, 0.5) is 14.5 Å². The first-order chi connectivity index (χ1) is 13.4. The maximum absolute atomic E-state index is 13.6. The Morgan fingerprint density at radius 2 is 1.93 bits per heavy atom. The molecule has 0 fully saturated rings. The molecule has 0 unspecified atom stereocenters. The highest BCUT2D eigenvalue weighted by molar-refractivity contribution is 7.99. The lowest BCUT2D eigenvalue weighted by Crippen LogP contribution is -2.19. The highest BCUT2D eigenvalue weighted by Gasteiger charge is 2.12. The van der Waals surface area contributed by atoms with Crippen LogP contribution in [0.1, 0.15) is 16.8 Å². The third-order valence-electron chi connectivity index (χ3n) is 3.97. The lowest BCUT2D eigenvalue weighted by atomic mass is 10.1. The van der Waals surface area contributed by atoms with Crippen molar-refractivity contribution in [2.75, 3.05) is 11.1 Å². The minimum absolute atomic E-state index is 0.115. The number of rotatable bonds is 6. The summed E-state index contributed by atoms with van der Waals surface area (Å²) in [7, 11) is 0. The molecule has 0 atom stereocenters. The first kappa shape index (κ1) is 19.8. The Morgan fingerprint density at radius 1 is 1.18 bits per heavy atom. The van der Waals surface area contributed by atoms with Crippen LogP contribution in [0, 0.1) is 18.6 Å². The fourth-order valence-corrected chi connectivity index (χ4v) is 3.28. The molecule has 8 heteroatoms. The van der Waals surface area contributed by atoms with Gasteiger partial charge in [0.2, 0.25) is 5.91 Å². The molecule has 0 spiro atoms. The van der Waals surface area contributed by atoms with Gasteiger partial charge < -0.3 is 10.3 Å². The molecule has 1 aromatic heterocycles. The van der Waals surface area contributed by atoms with Gasteiger partial charge in [0.1, 0.15) is 11.6 Å². The fourth-order valence-electron chi connectivity index (χ4n) is 2.57. The molecular formula is C20H17F2N3O2S. The largest absolute Gasteiger partial charge is 0.323 e. The van der Waals surface area contributed by atoms with Gasteiger partial charge in [0.25, 0.3) is 5.56 Å². The molecule has 5 nitrogen and oxygen atoms in total. The number of nitrogens with one attached hydrogen (secondary N) is 2. The van der Waals surface area contributed by atoms with E-state index in [0.717, 1.165) is 35.5 Å². The second-order valence-corrected chi connectivity index (χ2v) is 7.02. The van der Waals surface area contributed by atoms with E-state index in [-0.39, 0.29) is 22.2 Å². The highest BCUT2D eigenvalue weighted by atomic mass is 32.2. The van der Waals surface area contributed by atoms with Gasteiger partial charge in [-0.15, -0.1) is 0 Å². The summed E-state index contributed by atoms with van der Waals surface area (Å²) < 4.78 is 26.7. The third kappa shape index (κ3) is 5.04. The summed E-state index contributed by atoms with van der Waals surface area (Å²) in [4.78, 5) is 31.4. The monoisotopic (exact) mass is 401 g/mol. The third-order valence-corrected chi connectivity index (χ3v) is 4.84. The van der Waals surface area contributed by atoms with Crippen LogP contribution in [0.5, 0.6) is 0 Å². The quantitative estimate of drug-likeness (QED) is 0.488. The lowest BCUT2D eigenvalue weighted by Gasteiger charge is -2.08. The highest BCUT2D eigenvalue weighted by Crippen LogP contribution is 2.18. The van der Waals surface area contributed by atoms with Crippen molar-refractivity contribution in [1.29, 1.82) is 0 Å². The molecule has 0 radical (unpaired) electrons. The smallest absolute Gasteiger partial charge is 0.255 e. The summed E-state index contributed by atoms with van der Waals surface area (Å²) in [6.45, 7) is 1.74. The maximum atomic E-state index is 13.6. The maximum Gasteiger partial charge on any atom is 0.255 e. The van der Waals surface area contributed by atoms with Crippen LogP contribution in [0.15, 0.2) is 58.5 Å². The first-order valence-electron chi connectivity index (χ1n) is 8.44. The van der Waals surface area contributed by atoms with Gasteiger partial charge in [-0.05, 0) is 24.6 Å². The average molecular weight is 401 g/mol. The van der Waals surface area contributed by atoms with E-state index >= 15 is 0 Å². The molecule has 1 heterocycles. The molecule has 0 saturated carbocycles. The van der Waals surface area contributed by atoms with Crippen molar-refractivity contribution >= 4 is 23.4 Å². The van der Waals surface area contributed by atoms with Crippen molar-refractivity contribution in [3.05, 3.63) is 87.3 Å². The van der Waals surface area contributed by atoms with Crippen molar-refractivity contribution < 1.29 is 13.6 Å². The van der Waals surface area contributed by atoms with E-state index in [2.05, 4.69) is 15.3 Å². The number of aromatic nitrogens is 2. The number of aryl methyl sites for hydroxylation is 1. The molecule has 0 aliphatic carbocycles. The number of aromatic amines is 1. The number of halogens is 2. The number of amides is 1. The number of thioether (sulfide) groups is 1. The summed E-state index contributed by atoms with van der Waals surface area (Å²) in [6, 6.07) is 12.4. The number of hydrogen-bond acceptors (Lipinski definition) is 4. The molecule has 2 N–H and O–H groups in total. The Morgan fingerprint density at radius 3 is 2.64 bits per heavy atom. The van der Waals surface area contributed by atoms with Crippen molar-refractivity contribution in [1.82, 2.24) is 9.97 Å². The standard InChI is InChI=1S/C20H17F2N3O2S/c1-12-15(9-13-5-3-2-4-6-13)19(27)25-20(23-12)28-11-18(26)24-17-10-14(21)7-8-16(17)22/h2-8,10H,9,11H2,1H3,(H,24,26)(H,23,25,27).